The van der Waals surface area contributed by atoms with Gasteiger partial charge in [-0.05, 0) is 43.2 Å². The van der Waals surface area contributed by atoms with Gasteiger partial charge in [0.05, 0.1) is 12.1 Å². The second-order valence-electron chi connectivity index (χ2n) is 6.20. The predicted octanol–water partition coefficient (Wildman–Crippen LogP) is 4.41. The van der Waals surface area contributed by atoms with E-state index in [1.54, 1.807) is 0 Å². The van der Waals surface area contributed by atoms with Crippen molar-refractivity contribution in [3.05, 3.63) is 35.4 Å². The number of rotatable bonds is 6. The molecule has 1 aliphatic carbocycles. The maximum atomic E-state index is 5.76. The fraction of sp³-hybridized carbons (Fsp3) is 0.647. The molecule has 2 nitrogen and oxygen atoms in total. The van der Waals surface area contributed by atoms with Crippen molar-refractivity contribution < 1.29 is 4.84 Å². The van der Waals surface area contributed by atoms with Crippen molar-refractivity contribution in [1.29, 1.82) is 0 Å². The fourth-order valence-corrected chi connectivity index (χ4v) is 2.69. The molecule has 0 radical (unpaired) electrons. The van der Waals surface area contributed by atoms with Gasteiger partial charge in [-0.1, -0.05) is 51.0 Å². The van der Waals surface area contributed by atoms with Gasteiger partial charge in [-0.3, -0.25) is 4.84 Å². The first kappa shape index (κ1) is 14.5. The minimum absolute atomic E-state index is 0.258. The van der Waals surface area contributed by atoms with Gasteiger partial charge >= 0.3 is 0 Å². The van der Waals surface area contributed by atoms with Crippen LogP contribution < -0.4 is 5.48 Å². The molecule has 1 unspecified atom stereocenters. The molecule has 0 aliphatic heterocycles. The van der Waals surface area contributed by atoms with Crippen LogP contribution in [0.4, 0.5) is 0 Å². The summed E-state index contributed by atoms with van der Waals surface area (Å²) in [5, 5.41) is 0. The van der Waals surface area contributed by atoms with Crippen LogP contribution in [-0.4, -0.2) is 6.10 Å². The molecule has 19 heavy (non-hydrogen) atoms. The summed E-state index contributed by atoms with van der Waals surface area (Å²) < 4.78 is 0. The van der Waals surface area contributed by atoms with Crippen LogP contribution in [0.15, 0.2) is 24.3 Å². The third kappa shape index (κ3) is 4.63. The molecular weight excluding hydrogens is 234 g/mol. The highest BCUT2D eigenvalue weighted by molar-refractivity contribution is 5.24. The highest BCUT2D eigenvalue weighted by Gasteiger charge is 2.16. The minimum Gasteiger partial charge on any atom is -0.298 e. The van der Waals surface area contributed by atoms with Gasteiger partial charge in [-0.15, -0.1) is 0 Å². The van der Waals surface area contributed by atoms with Crippen LogP contribution in [0.2, 0.25) is 0 Å². The smallest absolute Gasteiger partial charge is 0.0790 e. The van der Waals surface area contributed by atoms with E-state index in [2.05, 4.69) is 50.5 Å². The van der Waals surface area contributed by atoms with Crippen LogP contribution in [0.1, 0.15) is 63.6 Å². The molecule has 1 atom stereocenters. The van der Waals surface area contributed by atoms with Crippen LogP contribution in [0, 0.1) is 5.92 Å². The first-order valence-electron chi connectivity index (χ1n) is 7.65. The Bertz CT molecular complexity index is 365. The van der Waals surface area contributed by atoms with Gasteiger partial charge in [0.15, 0.2) is 0 Å². The molecule has 1 aromatic rings. The Morgan fingerprint density at radius 3 is 2.32 bits per heavy atom. The number of hydrogen-bond donors (Lipinski definition) is 1. The maximum Gasteiger partial charge on any atom is 0.0790 e. The van der Waals surface area contributed by atoms with Crippen LogP contribution in [0.3, 0.4) is 0 Å². The van der Waals surface area contributed by atoms with E-state index in [0.29, 0.717) is 12.0 Å². The molecule has 1 N–H and O–H groups in total. The SMILES string of the molecule is CC(C)Cc1ccc(C(C)NOC2CCCC2)cc1. The molecule has 0 bridgehead atoms. The van der Waals surface area contributed by atoms with Crippen LogP contribution in [-0.2, 0) is 11.3 Å². The zero-order valence-electron chi connectivity index (χ0n) is 12.5. The van der Waals surface area contributed by atoms with Crippen LogP contribution in [0.5, 0.6) is 0 Å². The highest BCUT2D eigenvalue weighted by Crippen LogP contribution is 2.21. The van der Waals surface area contributed by atoms with Gasteiger partial charge in [0.25, 0.3) is 0 Å². The molecule has 0 spiro atoms. The lowest BCUT2D eigenvalue weighted by Gasteiger charge is -2.18. The Balaban J connectivity index is 1.82. The molecule has 0 saturated heterocycles. The van der Waals surface area contributed by atoms with Gasteiger partial charge < -0.3 is 0 Å². The van der Waals surface area contributed by atoms with Crippen LogP contribution in [0.25, 0.3) is 0 Å². The second-order valence-corrected chi connectivity index (χ2v) is 6.20. The molecule has 0 heterocycles. The van der Waals surface area contributed by atoms with Crippen molar-refractivity contribution in [3.63, 3.8) is 0 Å². The first-order valence-corrected chi connectivity index (χ1v) is 7.65. The van der Waals surface area contributed by atoms with Crippen LogP contribution >= 0.6 is 0 Å². The van der Waals surface area contributed by atoms with Gasteiger partial charge in [-0.25, -0.2) is 0 Å². The van der Waals surface area contributed by atoms with E-state index in [4.69, 9.17) is 4.84 Å². The Kier molecular flexibility index (Phi) is 5.41. The fourth-order valence-electron chi connectivity index (χ4n) is 2.69. The topological polar surface area (TPSA) is 21.3 Å². The molecule has 1 saturated carbocycles. The molecule has 1 fully saturated rings. The average Bonchev–Trinajstić information content (AvgIpc) is 2.89. The number of hydroxylamine groups is 1. The summed E-state index contributed by atoms with van der Waals surface area (Å²) in [5.41, 5.74) is 5.92. The van der Waals surface area contributed by atoms with E-state index < -0.39 is 0 Å². The quantitative estimate of drug-likeness (QED) is 0.766. The van der Waals surface area contributed by atoms with E-state index in [9.17, 15) is 0 Å². The van der Waals surface area contributed by atoms with Gasteiger partial charge in [-0.2, -0.15) is 5.48 Å². The summed E-state index contributed by atoms with van der Waals surface area (Å²) in [5.74, 6) is 0.715. The van der Waals surface area contributed by atoms with Crippen molar-refractivity contribution >= 4 is 0 Å². The summed E-state index contributed by atoms with van der Waals surface area (Å²) in [6.07, 6.45) is 6.60. The van der Waals surface area contributed by atoms with Crippen molar-refractivity contribution in [1.82, 2.24) is 5.48 Å². The first-order chi connectivity index (χ1) is 9.15. The normalized spacial score (nSPS) is 18.1. The molecule has 0 amide bonds. The van der Waals surface area contributed by atoms with Crippen molar-refractivity contribution in [2.75, 3.05) is 0 Å². The largest absolute Gasteiger partial charge is 0.298 e. The lowest BCUT2D eigenvalue weighted by molar-refractivity contribution is -0.0376. The maximum absolute atomic E-state index is 5.76. The lowest BCUT2D eigenvalue weighted by atomic mass is 10.0. The van der Waals surface area contributed by atoms with E-state index >= 15 is 0 Å². The summed E-state index contributed by atoms with van der Waals surface area (Å²) in [7, 11) is 0. The van der Waals surface area contributed by atoms with Crippen molar-refractivity contribution in [2.45, 2.75) is 65.0 Å². The Morgan fingerprint density at radius 1 is 1.11 bits per heavy atom. The standard InChI is InChI=1S/C17H27NO/c1-13(2)12-15-8-10-16(11-9-15)14(3)18-19-17-6-4-5-7-17/h8-11,13-14,17-18H,4-7,12H2,1-3H3. The molecule has 2 heteroatoms. The lowest BCUT2D eigenvalue weighted by Crippen LogP contribution is -2.24. The molecule has 1 aromatic carbocycles. The zero-order chi connectivity index (χ0) is 13.7. The van der Waals surface area contributed by atoms with E-state index in [-0.39, 0.29) is 6.04 Å². The number of benzene rings is 1. The Labute approximate surface area is 117 Å². The third-order valence-corrected chi connectivity index (χ3v) is 3.84. The number of nitrogens with one attached hydrogen (secondary N) is 1. The zero-order valence-corrected chi connectivity index (χ0v) is 12.5. The van der Waals surface area contributed by atoms with E-state index in [1.807, 2.05) is 0 Å². The average molecular weight is 261 g/mol. The van der Waals surface area contributed by atoms with E-state index in [0.717, 1.165) is 6.42 Å². The minimum atomic E-state index is 0.258. The van der Waals surface area contributed by atoms with Crippen molar-refractivity contribution in [2.24, 2.45) is 5.92 Å². The van der Waals surface area contributed by atoms with Gasteiger partial charge in [0, 0.05) is 0 Å². The summed E-state index contributed by atoms with van der Waals surface area (Å²) in [4.78, 5) is 5.76. The molecule has 0 aromatic heterocycles. The van der Waals surface area contributed by atoms with Gasteiger partial charge in [0.2, 0.25) is 0 Å². The molecule has 1 aliphatic rings. The number of hydrogen-bond acceptors (Lipinski definition) is 2. The second kappa shape index (κ2) is 7.06. The van der Waals surface area contributed by atoms with E-state index in [1.165, 1.54) is 36.8 Å². The highest BCUT2D eigenvalue weighted by atomic mass is 16.7. The monoisotopic (exact) mass is 261 g/mol. The molecule has 106 valence electrons. The molecular formula is C17H27NO. The summed E-state index contributed by atoms with van der Waals surface area (Å²) in [6.45, 7) is 6.67. The third-order valence-electron chi connectivity index (χ3n) is 3.84. The Morgan fingerprint density at radius 2 is 1.74 bits per heavy atom. The predicted molar refractivity (Wildman–Crippen MR) is 79.9 cm³/mol. The summed E-state index contributed by atoms with van der Waals surface area (Å²) in [6, 6.07) is 9.17. The molecule has 2 rings (SSSR count). The van der Waals surface area contributed by atoms with Crippen molar-refractivity contribution in [3.8, 4) is 0 Å². The summed E-state index contributed by atoms with van der Waals surface area (Å²) >= 11 is 0. The van der Waals surface area contributed by atoms with Gasteiger partial charge in [0.1, 0.15) is 0 Å². The Hall–Kier alpha value is -0.860.